The maximum atomic E-state index is 13.0. The van der Waals surface area contributed by atoms with Crippen molar-refractivity contribution in [2.45, 2.75) is 6.42 Å². The SMILES string of the molecule is COc1ccc(Cc2cnc(NC(=O)c3ccc(-c4ccc(F)cc4)o3)s2)cc1. The molecule has 2 aromatic carbocycles. The molecule has 2 heterocycles. The van der Waals surface area contributed by atoms with Crippen molar-refractivity contribution >= 4 is 22.4 Å². The molecule has 29 heavy (non-hydrogen) atoms. The average molecular weight is 408 g/mol. The van der Waals surface area contributed by atoms with E-state index in [4.69, 9.17) is 9.15 Å². The Morgan fingerprint density at radius 3 is 2.59 bits per heavy atom. The van der Waals surface area contributed by atoms with Crippen molar-refractivity contribution in [2.24, 2.45) is 0 Å². The fourth-order valence-electron chi connectivity index (χ4n) is 2.78. The van der Waals surface area contributed by atoms with Gasteiger partial charge in [0.2, 0.25) is 0 Å². The lowest BCUT2D eigenvalue weighted by Crippen LogP contribution is -2.10. The zero-order chi connectivity index (χ0) is 20.2. The number of rotatable bonds is 6. The molecular weight excluding hydrogens is 391 g/mol. The van der Waals surface area contributed by atoms with E-state index < -0.39 is 0 Å². The number of furan rings is 1. The Hall–Kier alpha value is -3.45. The second-order valence-electron chi connectivity index (χ2n) is 6.28. The fraction of sp³-hybridized carbons (Fsp3) is 0.0909. The van der Waals surface area contributed by atoms with Gasteiger partial charge in [0.1, 0.15) is 17.3 Å². The summed E-state index contributed by atoms with van der Waals surface area (Å²) in [7, 11) is 1.63. The monoisotopic (exact) mass is 408 g/mol. The topological polar surface area (TPSA) is 64.4 Å². The third-order valence-corrected chi connectivity index (χ3v) is 5.18. The molecule has 0 radical (unpaired) electrons. The van der Waals surface area contributed by atoms with Crippen LogP contribution in [0.2, 0.25) is 0 Å². The van der Waals surface area contributed by atoms with Crippen LogP contribution in [0.5, 0.6) is 5.75 Å². The molecule has 0 bridgehead atoms. The molecule has 7 heteroatoms. The Morgan fingerprint density at radius 1 is 1.10 bits per heavy atom. The van der Waals surface area contributed by atoms with Gasteiger partial charge in [0.25, 0.3) is 5.91 Å². The van der Waals surface area contributed by atoms with Gasteiger partial charge in [-0.15, -0.1) is 11.3 Å². The van der Waals surface area contributed by atoms with Crippen LogP contribution >= 0.6 is 11.3 Å². The first-order valence-electron chi connectivity index (χ1n) is 8.85. The molecule has 146 valence electrons. The van der Waals surface area contributed by atoms with Gasteiger partial charge in [0.05, 0.1) is 7.11 Å². The summed E-state index contributed by atoms with van der Waals surface area (Å²) in [6, 6.07) is 17.0. The van der Waals surface area contributed by atoms with Crippen LogP contribution in [-0.2, 0) is 6.42 Å². The second-order valence-corrected chi connectivity index (χ2v) is 7.40. The largest absolute Gasteiger partial charge is 0.497 e. The third-order valence-electron chi connectivity index (χ3n) is 4.27. The summed E-state index contributed by atoms with van der Waals surface area (Å²) in [5.74, 6) is 0.756. The van der Waals surface area contributed by atoms with Crippen molar-refractivity contribution in [1.82, 2.24) is 4.98 Å². The zero-order valence-electron chi connectivity index (χ0n) is 15.5. The standard InChI is InChI=1S/C22H17FN2O3S/c1-27-17-8-2-14(3-9-17)12-18-13-24-22(29-18)25-21(26)20-11-10-19(28-20)15-4-6-16(23)7-5-15/h2-11,13H,12H2,1H3,(H,24,25,26). The first-order chi connectivity index (χ1) is 14.1. The average Bonchev–Trinajstić information content (AvgIpc) is 3.39. The Bertz CT molecular complexity index is 1120. The molecule has 1 N–H and O–H groups in total. The molecule has 5 nitrogen and oxygen atoms in total. The normalized spacial score (nSPS) is 10.7. The number of anilines is 1. The molecule has 4 rings (SSSR count). The smallest absolute Gasteiger partial charge is 0.293 e. The first-order valence-corrected chi connectivity index (χ1v) is 9.67. The molecular formula is C22H17FN2O3S. The van der Waals surface area contributed by atoms with Crippen molar-refractivity contribution in [2.75, 3.05) is 12.4 Å². The van der Waals surface area contributed by atoms with Crippen LogP contribution in [0.1, 0.15) is 21.0 Å². The highest BCUT2D eigenvalue weighted by Crippen LogP contribution is 2.25. The van der Waals surface area contributed by atoms with Crippen LogP contribution in [0.25, 0.3) is 11.3 Å². The lowest BCUT2D eigenvalue weighted by atomic mass is 10.1. The fourth-order valence-corrected chi connectivity index (χ4v) is 3.62. The zero-order valence-corrected chi connectivity index (χ0v) is 16.3. The summed E-state index contributed by atoms with van der Waals surface area (Å²) in [6.07, 6.45) is 2.46. The van der Waals surface area contributed by atoms with Crippen molar-refractivity contribution in [3.05, 3.63) is 88.9 Å². The maximum absolute atomic E-state index is 13.0. The van der Waals surface area contributed by atoms with Crippen LogP contribution < -0.4 is 10.1 Å². The van der Waals surface area contributed by atoms with E-state index in [9.17, 15) is 9.18 Å². The molecule has 0 unspecified atom stereocenters. The molecule has 0 fully saturated rings. The highest BCUT2D eigenvalue weighted by molar-refractivity contribution is 7.15. The molecule has 4 aromatic rings. The van der Waals surface area contributed by atoms with Gasteiger partial charge >= 0.3 is 0 Å². The molecule has 0 saturated heterocycles. The maximum Gasteiger partial charge on any atom is 0.293 e. The number of carbonyl (C=O) groups is 1. The number of hydrogen-bond acceptors (Lipinski definition) is 5. The summed E-state index contributed by atoms with van der Waals surface area (Å²) in [5, 5.41) is 3.25. The molecule has 2 aromatic heterocycles. The Balaban J connectivity index is 1.40. The number of hydrogen-bond donors (Lipinski definition) is 1. The van der Waals surface area contributed by atoms with Gasteiger partial charge in [-0.1, -0.05) is 12.1 Å². The lowest BCUT2D eigenvalue weighted by molar-refractivity contribution is 0.0997. The number of methoxy groups -OCH3 is 1. The molecule has 0 spiro atoms. The summed E-state index contributed by atoms with van der Waals surface area (Å²) >= 11 is 1.41. The minimum atomic E-state index is -0.385. The van der Waals surface area contributed by atoms with E-state index in [0.717, 1.165) is 16.2 Å². The van der Waals surface area contributed by atoms with Crippen LogP contribution in [0.3, 0.4) is 0 Å². The lowest BCUT2D eigenvalue weighted by Gasteiger charge is -2.01. The van der Waals surface area contributed by atoms with Crippen LogP contribution in [0, 0.1) is 5.82 Å². The number of thiazole rings is 1. The van der Waals surface area contributed by atoms with E-state index in [0.29, 0.717) is 22.9 Å². The highest BCUT2D eigenvalue weighted by atomic mass is 32.1. The number of ether oxygens (including phenoxy) is 1. The van der Waals surface area contributed by atoms with Crippen molar-refractivity contribution < 1.29 is 18.3 Å². The van der Waals surface area contributed by atoms with Crippen LogP contribution in [-0.4, -0.2) is 18.0 Å². The predicted octanol–water partition coefficient (Wildman–Crippen LogP) is 5.39. The van der Waals surface area contributed by atoms with Crippen molar-refractivity contribution in [3.8, 4) is 17.1 Å². The number of halogens is 1. The number of amides is 1. The summed E-state index contributed by atoms with van der Waals surface area (Å²) in [4.78, 5) is 17.7. The number of aromatic nitrogens is 1. The van der Waals surface area contributed by atoms with E-state index in [1.165, 1.54) is 23.5 Å². The van der Waals surface area contributed by atoms with Crippen LogP contribution in [0.15, 0.2) is 71.3 Å². The van der Waals surface area contributed by atoms with Crippen molar-refractivity contribution in [1.29, 1.82) is 0 Å². The van der Waals surface area contributed by atoms with Gasteiger partial charge in [-0.3, -0.25) is 10.1 Å². The van der Waals surface area contributed by atoms with Crippen LogP contribution in [0.4, 0.5) is 9.52 Å². The van der Waals surface area contributed by atoms with Crippen molar-refractivity contribution in [3.63, 3.8) is 0 Å². The number of nitrogens with zero attached hydrogens (tertiary/aromatic N) is 1. The predicted molar refractivity (Wildman–Crippen MR) is 110 cm³/mol. The molecule has 0 saturated carbocycles. The van der Waals surface area contributed by atoms with Gasteiger partial charge in [-0.25, -0.2) is 9.37 Å². The second kappa shape index (κ2) is 8.28. The number of carbonyl (C=O) groups excluding carboxylic acids is 1. The molecule has 0 aliphatic rings. The highest BCUT2D eigenvalue weighted by Gasteiger charge is 2.14. The van der Waals surface area contributed by atoms with Gasteiger partial charge in [0, 0.05) is 23.1 Å². The Kier molecular flexibility index (Phi) is 5.39. The molecule has 0 aliphatic carbocycles. The van der Waals surface area contributed by atoms with Gasteiger partial charge in [-0.05, 0) is 54.1 Å². The molecule has 1 amide bonds. The summed E-state index contributed by atoms with van der Waals surface area (Å²) in [5.41, 5.74) is 1.82. The Morgan fingerprint density at radius 2 is 1.86 bits per heavy atom. The number of benzene rings is 2. The van der Waals surface area contributed by atoms with Gasteiger partial charge < -0.3 is 9.15 Å². The van der Waals surface area contributed by atoms with E-state index in [1.54, 1.807) is 37.6 Å². The molecule has 0 atom stereocenters. The molecule has 0 aliphatic heterocycles. The summed E-state index contributed by atoms with van der Waals surface area (Å²) in [6.45, 7) is 0. The number of nitrogens with one attached hydrogen (secondary N) is 1. The van der Waals surface area contributed by atoms with E-state index in [-0.39, 0.29) is 17.5 Å². The van der Waals surface area contributed by atoms with E-state index in [2.05, 4.69) is 10.3 Å². The Labute approximate surface area is 170 Å². The third kappa shape index (κ3) is 4.52. The van der Waals surface area contributed by atoms with E-state index >= 15 is 0 Å². The summed E-state index contributed by atoms with van der Waals surface area (Å²) < 4.78 is 23.8. The van der Waals surface area contributed by atoms with E-state index in [1.807, 2.05) is 24.3 Å². The minimum Gasteiger partial charge on any atom is -0.497 e. The van der Waals surface area contributed by atoms with Gasteiger partial charge in [0.15, 0.2) is 10.9 Å². The minimum absolute atomic E-state index is 0.163. The van der Waals surface area contributed by atoms with Gasteiger partial charge in [-0.2, -0.15) is 0 Å². The quantitative estimate of drug-likeness (QED) is 0.464. The first kappa shape index (κ1) is 18.9.